The van der Waals surface area contributed by atoms with Crippen LogP contribution in [0.5, 0.6) is 0 Å². The summed E-state index contributed by atoms with van der Waals surface area (Å²) in [6, 6.07) is 11.9. The van der Waals surface area contributed by atoms with Gasteiger partial charge in [0.1, 0.15) is 5.02 Å². The van der Waals surface area contributed by atoms with Gasteiger partial charge in [0.15, 0.2) is 0 Å². The quantitative estimate of drug-likeness (QED) is 0.630. The minimum Gasteiger partial charge on any atom is -0.308 e. The molecule has 2 aromatic carbocycles. The van der Waals surface area contributed by atoms with Crippen LogP contribution in [0.2, 0.25) is 5.02 Å². The molecule has 5 nitrogen and oxygen atoms in total. The molecule has 1 heterocycles. The fourth-order valence-corrected chi connectivity index (χ4v) is 2.80. The summed E-state index contributed by atoms with van der Waals surface area (Å²) in [5.41, 5.74) is 1.83. The van der Waals surface area contributed by atoms with Crippen molar-refractivity contribution in [1.82, 2.24) is 0 Å². The summed E-state index contributed by atoms with van der Waals surface area (Å²) in [7, 11) is 0. The number of para-hydroxylation sites is 1. The number of amides is 1. The van der Waals surface area contributed by atoms with Crippen molar-refractivity contribution >= 4 is 28.9 Å². The van der Waals surface area contributed by atoms with Crippen molar-refractivity contribution < 1.29 is 9.72 Å². The van der Waals surface area contributed by atoms with Crippen LogP contribution in [0.1, 0.15) is 15.9 Å². The highest BCUT2D eigenvalue weighted by molar-refractivity contribution is 6.36. The van der Waals surface area contributed by atoms with Crippen molar-refractivity contribution in [3.63, 3.8) is 0 Å². The van der Waals surface area contributed by atoms with Crippen molar-refractivity contribution in [3.8, 4) is 0 Å². The Hall–Kier alpha value is -2.40. The van der Waals surface area contributed by atoms with Crippen molar-refractivity contribution in [1.29, 1.82) is 0 Å². The standard InChI is InChI=1S/C15H11ClN2O3/c16-14-11(5-3-7-13(14)18(20)21)15(19)17-9-8-10-4-1-2-6-12(10)17/h1-7H,8-9H2. The average Bonchev–Trinajstić information content (AvgIpc) is 2.90. The van der Waals surface area contributed by atoms with E-state index in [1.165, 1.54) is 18.2 Å². The predicted molar refractivity (Wildman–Crippen MR) is 79.9 cm³/mol. The molecule has 0 spiro atoms. The largest absolute Gasteiger partial charge is 0.308 e. The zero-order chi connectivity index (χ0) is 15.0. The van der Waals surface area contributed by atoms with Crippen LogP contribution in [0, 0.1) is 10.1 Å². The Morgan fingerprint density at radius 1 is 1.19 bits per heavy atom. The molecule has 0 N–H and O–H groups in total. The second-order valence-corrected chi connectivity index (χ2v) is 5.11. The highest BCUT2D eigenvalue weighted by Gasteiger charge is 2.28. The van der Waals surface area contributed by atoms with E-state index in [0.717, 1.165) is 17.7 Å². The Labute approximate surface area is 125 Å². The van der Waals surface area contributed by atoms with Crippen LogP contribution >= 0.6 is 11.6 Å². The number of halogens is 1. The lowest BCUT2D eigenvalue weighted by Gasteiger charge is -2.17. The molecule has 0 fully saturated rings. The first-order valence-corrected chi connectivity index (χ1v) is 6.80. The van der Waals surface area contributed by atoms with Gasteiger partial charge in [0.05, 0.1) is 10.5 Å². The third kappa shape index (κ3) is 2.25. The molecule has 0 unspecified atom stereocenters. The minimum atomic E-state index is -0.586. The summed E-state index contributed by atoms with van der Waals surface area (Å²) in [5, 5.41) is 10.8. The molecule has 0 bridgehead atoms. The Balaban J connectivity index is 2.01. The second-order valence-electron chi connectivity index (χ2n) is 4.73. The van der Waals surface area contributed by atoms with Crippen LogP contribution in [0.4, 0.5) is 11.4 Å². The molecule has 0 aromatic heterocycles. The number of nitrogens with zero attached hydrogens (tertiary/aromatic N) is 2. The van der Waals surface area contributed by atoms with Gasteiger partial charge < -0.3 is 4.90 Å². The molecule has 1 aliphatic rings. The van der Waals surface area contributed by atoms with Gasteiger partial charge in [-0.05, 0) is 24.1 Å². The fourth-order valence-electron chi connectivity index (χ4n) is 2.52. The molecule has 106 valence electrons. The molecule has 6 heteroatoms. The van der Waals surface area contributed by atoms with E-state index in [-0.39, 0.29) is 22.2 Å². The number of benzene rings is 2. The number of hydrogen-bond donors (Lipinski definition) is 0. The molecule has 0 radical (unpaired) electrons. The number of hydrogen-bond acceptors (Lipinski definition) is 3. The van der Waals surface area contributed by atoms with E-state index in [2.05, 4.69) is 0 Å². The second kappa shape index (κ2) is 5.18. The molecular weight excluding hydrogens is 292 g/mol. The third-order valence-electron chi connectivity index (χ3n) is 3.54. The molecule has 2 aromatic rings. The van der Waals surface area contributed by atoms with E-state index in [1.54, 1.807) is 4.90 Å². The summed E-state index contributed by atoms with van der Waals surface area (Å²) < 4.78 is 0. The average molecular weight is 303 g/mol. The van der Waals surface area contributed by atoms with Gasteiger partial charge in [0, 0.05) is 18.3 Å². The zero-order valence-electron chi connectivity index (χ0n) is 11.0. The Kier molecular flexibility index (Phi) is 3.35. The normalized spacial score (nSPS) is 13.1. The van der Waals surface area contributed by atoms with E-state index in [4.69, 9.17) is 11.6 Å². The van der Waals surface area contributed by atoms with E-state index in [0.29, 0.717) is 6.54 Å². The molecule has 1 aliphatic heterocycles. The highest BCUT2D eigenvalue weighted by Crippen LogP contribution is 2.33. The molecule has 0 aliphatic carbocycles. The van der Waals surface area contributed by atoms with E-state index in [1.807, 2.05) is 24.3 Å². The number of nitro benzene ring substituents is 1. The van der Waals surface area contributed by atoms with Gasteiger partial charge in [-0.3, -0.25) is 14.9 Å². The molecule has 21 heavy (non-hydrogen) atoms. The predicted octanol–water partition coefficient (Wildman–Crippen LogP) is 3.45. The lowest BCUT2D eigenvalue weighted by atomic mass is 10.1. The monoisotopic (exact) mass is 302 g/mol. The van der Waals surface area contributed by atoms with Gasteiger partial charge in [0.25, 0.3) is 11.6 Å². The fraction of sp³-hybridized carbons (Fsp3) is 0.133. The number of fused-ring (bicyclic) bond motifs is 1. The number of rotatable bonds is 2. The van der Waals surface area contributed by atoms with Gasteiger partial charge >= 0.3 is 0 Å². The van der Waals surface area contributed by atoms with Crippen LogP contribution in [0.3, 0.4) is 0 Å². The smallest absolute Gasteiger partial charge is 0.288 e. The Morgan fingerprint density at radius 3 is 2.71 bits per heavy atom. The maximum atomic E-state index is 12.6. The Bertz CT molecular complexity index is 745. The van der Waals surface area contributed by atoms with Gasteiger partial charge in [-0.25, -0.2) is 0 Å². The Morgan fingerprint density at radius 2 is 1.95 bits per heavy atom. The number of nitro groups is 1. The maximum Gasteiger partial charge on any atom is 0.288 e. The number of carbonyl (C=O) groups is 1. The summed E-state index contributed by atoms with van der Waals surface area (Å²) in [5.74, 6) is -0.311. The SMILES string of the molecule is O=C(c1cccc([N+](=O)[O-])c1Cl)N1CCc2ccccc21. The number of carbonyl (C=O) groups excluding carboxylic acids is 1. The minimum absolute atomic E-state index is 0.114. The zero-order valence-corrected chi connectivity index (χ0v) is 11.7. The maximum absolute atomic E-state index is 12.6. The van der Waals surface area contributed by atoms with Crippen molar-refractivity contribution in [2.45, 2.75) is 6.42 Å². The van der Waals surface area contributed by atoms with Gasteiger partial charge in [-0.1, -0.05) is 35.9 Å². The topological polar surface area (TPSA) is 63.4 Å². The summed E-state index contributed by atoms with van der Waals surface area (Å²) in [6.45, 7) is 0.553. The van der Waals surface area contributed by atoms with E-state index < -0.39 is 4.92 Å². The lowest BCUT2D eigenvalue weighted by molar-refractivity contribution is -0.384. The van der Waals surface area contributed by atoms with Gasteiger partial charge in [0.2, 0.25) is 0 Å². The van der Waals surface area contributed by atoms with Crippen LogP contribution in [0.15, 0.2) is 42.5 Å². The van der Waals surface area contributed by atoms with Gasteiger partial charge in [-0.2, -0.15) is 0 Å². The molecule has 0 atom stereocenters. The van der Waals surface area contributed by atoms with Crippen LogP contribution in [-0.2, 0) is 6.42 Å². The molecular formula is C15H11ClN2O3. The van der Waals surface area contributed by atoms with Crippen LogP contribution < -0.4 is 4.90 Å². The lowest BCUT2D eigenvalue weighted by Crippen LogP contribution is -2.29. The molecule has 3 rings (SSSR count). The first kappa shape index (κ1) is 13.6. The van der Waals surface area contributed by atoms with Crippen molar-refractivity contribution in [3.05, 3.63) is 68.7 Å². The summed E-state index contributed by atoms with van der Waals surface area (Å²) >= 11 is 6.01. The summed E-state index contributed by atoms with van der Waals surface area (Å²) in [6.07, 6.45) is 0.772. The highest BCUT2D eigenvalue weighted by atomic mass is 35.5. The van der Waals surface area contributed by atoms with Crippen LogP contribution in [-0.4, -0.2) is 17.4 Å². The van der Waals surface area contributed by atoms with E-state index >= 15 is 0 Å². The molecule has 0 saturated carbocycles. The first-order chi connectivity index (χ1) is 10.1. The first-order valence-electron chi connectivity index (χ1n) is 6.42. The van der Waals surface area contributed by atoms with Crippen molar-refractivity contribution in [2.75, 3.05) is 11.4 Å². The molecule has 1 amide bonds. The van der Waals surface area contributed by atoms with Crippen molar-refractivity contribution in [2.24, 2.45) is 0 Å². The summed E-state index contributed by atoms with van der Waals surface area (Å²) in [4.78, 5) is 24.6. The van der Waals surface area contributed by atoms with Gasteiger partial charge in [-0.15, -0.1) is 0 Å². The van der Waals surface area contributed by atoms with Crippen LogP contribution in [0.25, 0.3) is 0 Å². The molecule has 0 saturated heterocycles. The van der Waals surface area contributed by atoms with E-state index in [9.17, 15) is 14.9 Å². The third-order valence-corrected chi connectivity index (χ3v) is 3.93. The number of anilines is 1.